The summed E-state index contributed by atoms with van der Waals surface area (Å²) in [6.07, 6.45) is -3.62. The Balaban J connectivity index is 1.49. The largest absolute Gasteiger partial charge is 0.573 e. The number of para-hydroxylation sites is 1. The van der Waals surface area contributed by atoms with Crippen molar-refractivity contribution in [3.63, 3.8) is 0 Å². The number of aromatic nitrogens is 4. The highest BCUT2D eigenvalue weighted by molar-refractivity contribution is 5.95. The molecule has 36 heavy (non-hydrogen) atoms. The van der Waals surface area contributed by atoms with Crippen molar-refractivity contribution < 1.29 is 27.4 Å². The number of rotatable bonds is 5. The number of hydrogen-bond acceptors (Lipinski definition) is 6. The van der Waals surface area contributed by atoms with Crippen LogP contribution in [-0.2, 0) is 11.2 Å². The van der Waals surface area contributed by atoms with Crippen molar-refractivity contribution in [1.29, 1.82) is 0 Å². The third-order valence-corrected chi connectivity index (χ3v) is 5.68. The summed E-state index contributed by atoms with van der Waals surface area (Å²) in [6, 6.07) is 12.4. The number of fused-ring (bicyclic) bond motifs is 1. The summed E-state index contributed by atoms with van der Waals surface area (Å²) in [7, 11) is 0. The molecule has 186 valence electrons. The second-order valence-electron chi connectivity index (χ2n) is 8.09. The van der Waals surface area contributed by atoms with E-state index in [1.165, 1.54) is 29.1 Å². The molecule has 2 aromatic heterocycles. The lowest BCUT2D eigenvalue weighted by molar-refractivity contribution is -0.274. The Morgan fingerprint density at radius 1 is 1.11 bits per heavy atom. The summed E-state index contributed by atoms with van der Waals surface area (Å²) in [5.41, 5.74) is 0.867. The van der Waals surface area contributed by atoms with Gasteiger partial charge in [0.15, 0.2) is 5.65 Å². The summed E-state index contributed by atoms with van der Waals surface area (Å²) < 4.78 is 49.2. The molecule has 4 aromatic rings. The Hall–Kier alpha value is -4.19. The molecular formula is C24H20F3N5O4. The van der Waals surface area contributed by atoms with Gasteiger partial charge in [0.1, 0.15) is 17.0 Å². The maximum Gasteiger partial charge on any atom is 0.573 e. The Morgan fingerprint density at radius 2 is 1.89 bits per heavy atom. The van der Waals surface area contributed by atoms with Crippen molar-refractivity contribution >= 4 is 16.9 Å². The van der Waals surface area contributed by atoms with E-state index in [2.05, 4.69) is 19.8 Å². The van der Waals surface area contributed by atoms with Crippen molar-refractivity contribution in [3.8, 4) is 11.4 Å². The highest BCUT2D eigenvalue weighted by atomic mass is 19.4. The number of nitrogens with zero attached hydrogens (tertiary/aromatic N) is 4. The highest BCUT2D eigenvalue weighted by Crippen LogP contribution is 2.27. The molecule has 3 heterocycles. The van der Waals surface area contributed by atoms with Crippen LogP contribution in [0.4, 0.5) is 13.2 Å². The fourth-order valence-corrected chi connectivity index (χ4v) is 4.01. The number of alkyl halides is 3. The Labute approximate surface area is 202 Å². The number of halogens is 3. The lowest BCUT2D eigenvalue weighted by atomic mass is 10.1. The predicted molar refractivity (Wildman–Crippen MR) is 122 cm³/mol. The molecule has 0 radical (unpaired) electrons. The van der Waals surface area contributed by atoms with Gasteiger partial charge in [0.2, 0.25) is 0 Å². The number of morpholine rings is 1. The van der Waals surface area contributed by atoms with Gasteiger partial charge in [-0.15, -0.1) is 13.2 Å². The quantitative estimate of drug-likeness (QED) is 0.453. The van der Waals surface area contributed by atoms with Crippen molar-refractivity contribution in [1.82, 2.24) is 24.6 Å². The van der Waals surface area contributed by atoms with Gasteiger partial charge in [-0.3, -0.25) is 9.59 Å². The van der Waals surface area contributed by atoms with Gasteiger partial charge < -0.3 is 19.4 Å². The van der Waals surface area contributed by atoms with Crippen LogP contribution in [0.3, 0.4) is 0 Å². The van der Waals surface area contributed by atoms with E-state index in [4.69, 9.17) is 4.74 Å². The standard InChI is InChI=1S/C24H20F3N5O4/c25-24(26,27)36-19-7-2-1-4-15(19)13-20-29-21-18(22(33)30-20)14-28-32(21)17-6-3-5-16(12-17)23(34)31-8-10-35-11-9-31/h1-7,12,14H,8-11,13H2,(H,29,30,33). The highest BCUT2D eigenvalue weighted by Gasteiger charge is 2.32. The van der Waals surface area contributed by atoms with Gasteiger partial charge in [0, 0.05) is 30.6 Å². The van der Waals surface area contributed by atoms with Crippen LogP contribution < -0.4 is 10.3 Å². The molecule has 0 bridgehead atoms. The van der Waals surface area contributed by atoms with Crippen molar-refractivity contribution in [2.45, 2.75) is 12.8 Å². The van der Waals surface area contributed by atoms with E-state index in [9.17, 15) is 22.8 Å². The third kappa shape index (κ3) is 4.93. The Bertz CT molecular complexity index is 1470. The molecule has 1 amide bonds. The average molecular weight is 499 g/mol. The minimum Gasteiger partial charge on any atom is -0.405 e. The molecule has 1 fully saturated rings. The SMILES string of the molecule is O=C(c1cccc(-n2ncc3c(=O)[nH]c(Cc4ccccc4OC(F)(F)F)nc32)c1)N1CCOCC1. The number of carbonyl (C=O) groups is 1. The smallest absolute Gasteiger partial charge is 0.405 e. The fraction of sp³-hybridized carbons (Fsp3) is 0.250. The number of aromatic amines is 1. The number of carbonyl (C=O) groups excluding carboxylic acids is 1. The minimum atomic E-state index is -4.86. The van der Waals surface area contributed by atoms with Crippen LogP contribution in [0.2, 0.25) is 0 Å². The zero-order valence-electron chi connectivity index (χ0n) is 18.8. The van der Waals surface area contributed by atoms with Crippen LogP contribution in [0.15, 0.2) is 59.5 Å². The van der Waals surface area contributed by atoms with Crippen LogP contribution in [0.1, 0.15) is 21.7 Å². The van der Waals surface area contributed by atoms with E-state index in [0.29, 0.717) is 37.6 Å². The zero-order valence-corrected chi connectivity index (χ0v) is 18.8. The zero-order chi connectivity index (χ0) is 25.3. The Morgan fingerprint density at radius 3 is 2.67 bits per heavy atom. The van der Waals surface area contributed by atoms with E-state index in [1.54, 1.807) is 35.2 Å². The molecule has 1 saturated heterocycles. The molecule has 2 aromatic carbocycles. The van der Waals surface area contributed by atoms with Crippen LogP contribution >= 0.6 is 0 Å². The minimum absolute atomic E-state index is 0.113. The lowest BCUT2D eigenvalue weighted by Gasteiger charge is -2.27. The van der Waals surface area contributed by atoms with Gasteiger partial charge in [-0.05, 0) is 24.3 Å². The number of ether oxygens (including phenoxy) is 2. The van der Waals surface area contributed by atoms with Gasteiger partial charge in [-0.2, -0.15) is 5.10 Å². The number of hydrogen-bond donors (Lipinski definition) is 1. The van der Waals surface area contributed by atoms with Crippen molar-refractivity contribution in [2.24, 2.45) is 0 Å². The van der Waals surface area contributed by atoms with Gasteiger partial charge in [0.05, 0.1) is 25.1 Å². The molecule has 12 heteroatoms. The van der Waals surface area contributed by atoms with E-state index < -0.39 is 11.9 Å². The molecule has 1 aliphatic rings. The molecule has 9 nitrogen and oxygen atoms in total. The molecule has 1 aliphatic heterocycles. The number of benzene rings is 2. The second-order valence-corrected chi connectivity index (χ2v) is 8.09. The van der Waals surface area contributed by atoms with Gasteiger partial charge in [-0.25, -0.2) is 9.67 Å². The van der Waals surface area contributed by atoms with E-state index >= 15 is 0 Å². The molecule has 5 rings (SSSR count). The Kier molecular flexibility index (Phi) is 6.18. The van der Waals surface area contributed by atoms with Crippen molar-refractivity contribution in [2.75, 3.05) is 26.3 Å². The molecule has 1 N–H and O–H groups in total. The first-order chi connectivity index (χ1) is 17.3. The normalized spacial score (nSPS) is 14.2. The predicted octanol–water partition coefficient (Wildman–Crippen LogP) is 3.07. The van der Waals surface area contributed by atoms with Gasteiger partial charge in [-0.1, -0.05) is 24.3 Å². The van der Waals surface area contributed by atoms with Crippen LogP contribution in [0, 0.1) is 0 Å². The number of amides is 1. The molecule has 0 unspecified atom stereocenters. The molecule has 0 atom stereocenters. The summed E-state index contributed by atoms with van der Waals surface area (Å²) in [4.78, 5) is 34.4. The number of H-pyrrole nitrogens is 1. The summed E-state index contributed by atoms with van der Waals surface area (Å²) in [6.45, 7) is 1.94. The summed E-state index contributed by atoms with van der Waals surface area (Å²) >= 11 is 0. The fourth-order valence-electron chi connectivity index (χ4n) is 4.01. The van der Waals surface area contributed by atoms with E-state index in [-0.39, 0.29) is 40.5 Å². The monoisotopic (exact) mass is 499 g/mol. The lowest BCUT2D eigenvalue weighted by Crippen LogP contribution is -2.40. The first-order valence-electron chi connectivity index (χ1n) is 11.1. The first kappa shape index (κ1) is 23.5. The molecule has 0 aliphatic carbocycles. The third-order valence-electron chi connectivity index (χ3n) is 5.68. The number of nitrogens with one attached hydrogen (secondary N) is 1. The topological polar surface area (TPSA) is 102 Å². The summed E-state index contributed by atoms with van der Waals surface area (Å²) in [5.74, 6) is -0.395. The maximum absolute atomic E-state index is 12.9. The molecule has 0 saturated carbocycles. The molecule has 0 spiro atoms. The van der Waals surface area contributed by atoms with Crippen LogP contribution in [-0.4, -0.2) is 63.2 Å². The van der Waals surface area contributed by atoms with E-state index in [1.807, 2.05) is 0 Å². The van der Waals surface area contributed by atoms with Crippen LogP contribution in [0.25, 0.3) is 16.7 Å². The van der Waals surface area contributed by atoms with Crippen molar-refractivity contribution in [3.05, 3.63) is 82.0 Å². The van der Waals surface area contributed by atoms with Crippen LogP contribution in [0.5, 0.6) is 5.75 Å². The summed E-state index contributed by atoms with van der Waals surface area (Å²) in [5, 5.41) is 4.47. The van der Waals surface area contributed by atoms with Gasteiger partial charge in [0.25, 0.3) is 11.5 Å². The van der Waals surface area contributed by atoms with E-state index in [0.717, 1.165) is 0 Å². The molecular weight excluding hydrogens is 479 g/mol. The maximum atomic E-state index is 12.9. The van der Waals surface area contributed by atoms with Gasteiger partial charge >= 0.3 is 6.36 Å². The second kappa shape index (κ2) is 9.46. The average Bonchev–Trinajstić information content (AvgIpc) is 3.29. The first-order valence-corrected chi connectivity index (χ1v) is 11.1.